The smallest absolute Gasteiger partial charge is 0.261 e. The van der Waals surface area contributed by atoms with E-state index in [1.54, 1.807) is 30.3 Å². The molecule has 0 fully saturated rings. The van der Waals surface area contributed by atoms with Crippen molar-refractivity contribution in [2.24, 2.45) is 0 Å². The average molecular weight is 318 g/mol. The van der Waals surface area contributed by atoms with Crippen molar-refractivity contribution in [3.63, 3.8) is 0 Å². The van der Waals surface area contributed by atoms with Crippen LogP contribution < -0.4 is 10.0 Å². The van der Waals surface area contributed by atoms with Crippen molar-refractivity contribution in [1.82, 2.24) is 0 Å². The highest BCUT2D eigenvalue weighted by molar-refractivity contribution is 7.92. The van der Waals surface area contributed by atoms with Gasteiger partial charge in [0.25, 0.3) is 10.0 Å². The number of benzene rings is 2. The van der Waals surface area contributed by atoms with Crippen LogP contribution in [0.5, 0.6) is 0 Å². The van der Waals surface area contributed by atoms with Gasteiger partial charge in [0.2, 0.25) is 5.91 Å². The summed E-state index contributed by atoms with van der Waals surface area (Å²) in [6.45, 7) is -0.164. The number of sulfonamides is 1. The fourth-order valence-electron chi connectivity index (χ4n) is 2.32. The number of hydrogen-bond donors (Lipinski definition) is 3. The first-order valence-electron chi connectivity index (χ1n) is 6.63. The van der Waals surface area contributed by atoms with Gasteiger partial charge in [-0.25, -0.2) is 8.42 Å². The molecule has 0 spiro atoms. The molecule has 0 unspecified atom stereocenters. The Morgan fingerprint density at radius 1 is 1.18 bits per heavy atom. The first kappa shape index (κ1) is 14.6. The number of aliphatic hydroxyl groups excluding tert-OH is 1. The minimum Gasteiger partial charge on any atom is -0.392 e. The van der Waals surface area contributed by atoms with Gasteiger partial charge in [0.05, 0.1) is 17.9 Å². The van der Waals surface area contributed by atoms with Gasteiger partial charge >= 0.3 is 0 Å². The summed E-state index contributed by atoms with van der Waals surface area (Å²) in [4.78, 5) is 11.4. The van der Waals surface area contributed by atoms with Crippen LogP contribution in [0, 0.1) is 0 Å². The van der Waals surface area contributed by atoms with E-state index in [1.807, 2.05) is 0 Å². The summed E-state index contributed by atoms with van der Waals surface area (Å²) in [6, 6.07) is 11.1. The van der Waals surface area contributed by atoms with E-state index in [-0.39, 0.29) is 23.8 Å². The van der Waals surface area contributed by atoms with Gasteiger partial charge in [-0.05, 0) is 41.5 Å². The Balaban J connectivity index is 1.90. The zero-order chi connectivity index (χ0) is 15.7. The van der Waals surface area contributed by atoms with Crippen LogP contribution in [0.15, 0.2) is 47.4 Å². The second-order valence-electron chi connectivity index (χ2n) is 5.01. The van der Waals surface area contributed by atoms with Crippen molar-refractivity contribution >= 4 is 27.3 Å². The van der Waals surface area contributed by atoms with E-state index in [0.717, 1.165) is 0 Å². The molecule has 1 heterocycles. The molecule has 7 heteroatoms. The number of carbonyl (C=O) groups excluding carboxylic acids is 1. The standard InChI is InChI=1S/C15H14N2O4S/c18-9-10-2-1-3-12(6-10)17-22(20,21)13-4-5-14-11(7-13)8-15(19)16-14/h1-7,17-18H,8-9H2,(H,16,19). The third kappa shape index (κ3) is 2.81. The van der Waals surface area contributed by atoms with Gasteiger partial charge in [-0.15, -0.1) is 0 Å². The second kappa shape index (κ2) is 5.43. The summed E-state index contributed by atoms with van der Waals surface area (Å²) >= 11 is 0. The van der Waals surface area contributed by atoms with Gasteiger partial charge < -0.3 is 10.4 Å². The largest absolute Gasteiger partial charge is 0.392 e. The van der Waals surface area contributed by atoms with E-state index >= 15 is 0 Å². The number of anilines is 2. The summed E-state index contributed by atoms with van der Waals surface area (Å²) in [7, 11) is -3.75. The SMILES string of the molecule is O=C1Cc2cc(S(=O)(=O)Nc3cccc(CO)c3)ccc2N1. The minimum absolute atomic E-state index is 0.0946. The quantitative estimate of drug-likeness (QED) is 0.795. The van der Waals surface area contributed by atoms with Gasteiger partial charge in [-0.1, -0.05) is 12.1 Å². The molecule has 6 nitrogen and oxygen atoms in total. The molecular weight excluding hydrogens is 304 g/mol. The van der Waals surface area contributed by atoms with Crippen LogP contribution in [0.4, 0.5) is 11.4 Å². The van der Waals surface area contributed by atoms with Gasteiger partial charge in [-0.3, -0.25) is 9.52 Å². The van der Waals surface area contributed by atoms with Crippen LogP contribution in [0.1, 0.15) is 11.1 Å². The van der Waals surface area contributed by atoms with Crippen LogP contribution in [0.25, 0.3) is 0 Å². The van der Waals surface area contributed by atoms with E-state index in [1.165, 1.54) is 12.1 Å². The Morgan fingerprint density at radius 2 is 2.00 bits per heavy atom. The second-order valence-corrected chi connectivity index (χ2v) is 6.69. The first-order valence-corrected chi connectivity index (χ1v) is 8.12. The van der Waals surface area contributed by atoms with Gasteiger partial charge in [0.1, 0.15) is 0 Å². The number of hydrogen-bond acceptors (Lipinski definition) is 4. The van der Waals surface area contributed by atoms with E-state index < -0.39 is 10.0 Å². The molecule has 0 aromatic heterocycles. The lowest BCUT2D eigenvalue weighted by Crippen LogP contribution is -2.13. The molecule has 2 aromatic carbocycles. The Morgan fingerprint density at radius 3 is 2.77 bits per heavy atom. The maximum Gasteiger partial charge on any atom is 0.261 e. The molecule has 1 aliphatic rings. The van der Waals surface area contributed by atoms with Crippen molar-refractivity contribution in [3.05, 3.63) is 53.6 Å². The predicted molar refractivity (Wildman–Crippen MR) is 81.9 cm³/mol. The molecule has 1 amide bonds. The molecule has 3 rings (SSSR count). The van der Waals surface area contributed by atoms with Crippen molar-refractivity contribution in [2.75, 3.05) is 10.0 Å². The van der Waals surface area contributed by atoms with Crippen LogP contribution >= 0.6 is 0 Å². The molecule has 0 atom stereocenters. The highest BCUT2D eigenvalue weighted by Gasteiger charge is 2.21. The normalized spacial score (nSPS) is 13.6. The fraction of sp³-hybridized carbons (Fsp3) is 0.133. The molecule has 22 heavy (non-hydrogen) atoms. The van der Waals surface area contributed by atoms with Crippen molar-refractivity contribution in [2.45, 2.75) is 17.9 Å². The number of amides is 1. The molecular formula is C15H14N2O4S. The molecule has 3 N–H and O–H groups in total. The Labute approximate surface area is 127 Å². The fourth-order valence-corrected chi connectivity index (χ4v) is 3.42. The van der Waals surface area contributed by atoms with Crippen LogP contribution in [-0.4, -0.2) is 19.4 Å². The topological polar surface area (TPSA) is 95.5 Å². The number of fused-ring (bicyclic) bond motifs is 1. The minimum atomic E-state index is -3.75. The molecule has 2 aromatic rings. The lowest BCUT2D eigenvalue weighted by atomic mass is 10.2. The van der Waals surface area contributed by atoms with E-state index in [2.05, 4.69) is 10.0 Å². The summed E-state index contributed by atoms with van der Waals surface area (Å²) in [6.07, 6.45) is 0.179. The zero-order valence-electron chi connectivity index (χ0n) is 11.5. The maximum atomic E-state index is 12.4. The van der Waals surface area contributed by atoms with E-state index in [4.69, 9.17) is 5.11 Å². The molecule has 114 valence electrons. The Hall–Kier alpha value is -2.38. The van der Waals surface area contributed by atoms with Crippen molar-refractivity contribution in [1.29, 1.82) is 0 Å². The van der Waals surface area contributed by atoms with Crippen LogP contribution in [0.2, 0.25) is 0 Å². The highest BCUT2D eigenvalue weighted by Crippen LogP contribution is 2.26. The summed E-state index contributed by atoms with van der Waals surface area (Å²) in [5, 5.41) is 11.8. The number of carbonyl (C=O) groups is 1. The summed E-state index contributed by atoms with van der Waals surface area (Å²) < 4.78 is 27.3. The number of rotatable bonds is 4. The van der Waals surface area contributed by atoms with Crippen LogP contribution in [0.3, 0.4) is 0 Å². The number of nitrogens with one attached hydrogen (secondary N) is 2. The van der Waals surface area contributed by atoms with Crippen LogP contribution in [-0.2, 0) is 27.8 Å². The monoisotopic (exact) mass is 318 g/mol. The molecule has 0 saturated heterocycles. The lowest BCUT2D eigenvalue weighted by Gasteiger charge is -2.10. The third-order valence-electron chi connectivity index (χ3n) is 3.37. The molecule has 1 aliphatic heterocycles. The van der Waals surface area contributed by atoms with E-state index in [9.17, 15) is 13.2 Å². The number of aliphatic hydroxyl groups is 1. The zero-order valence-corrected chi connectivity index (χ0v) is 12.4. The molecule has 0 saturated carbocycles. The van der Waals surface area contributed by atoms with Gasteiger partial charge in [-0.2, -0.15) is 0 Å². The summed E-state index contributed by atoms with van der Waals surface area (Å²) in [5.74, 6) is -0.145. The van der Waals surface area contributed by atoms with Crippen molar-refractivity contribution in [3.8, 4) is 0 Å². The predicted octanol–water partition coefficient (Wildman–Crippen LogP) is 1.47. The molecule has 0 bridgehead atoms. The van der Waals surface area contributed by atoms with E-state index in [0.29, 0.717) is 22.5 Å². The van der Waals surface area contributed by atoms with Gasteiger partial charge in [0.15, 0.2) is 0 Å². The maximum absolute atomic E-state index is 12.4. The first-order chi connectivity index (χ1) is 10.5. The van der Waals surface area contributed by atoms with Crippen molar-refractivity contribution < 1.29 is 18.3 Å². The Kier molecular flexibility index (Phi) is 3.59. The lowest BCUT2D eigenvalue weighted by molar-refractivity contribution is -0.115. The highest BCUT2D eigenvalue weighted by atomic mass is 32.2. The Bertz CT molecular complexity index is 846. The molecule has 0 radical (unpaired) electrons. The molecule has 0 aliphatic carbocycles. The summed E-state index contributed by atoms with van der Waals surface area (Å²) in [5.41, 5.74) is 2.30. The third-order valence-corrected chi connectivity index (χ3v) is 4.75. The average Bonchev–Trinajstić information content (AvgIpc) is 2.86. The van der Waals surface area contributed by atoms with Gasteiger partial charge in [0, 0.05) is 11.4 Å².